The Morgan fingerprint density at radius 3 is 2.58 bits per heavy atom. The monoisotopic (exact) mass is 335 g/mol. The van der Waals surface area contributed by atoms with Gasteiger partial charge in [-0.3, -0.25) is 9.89 Å². The zero-order valence-electron chi connectivity index (χ0n) is 12.4. The van der Waals surface area contributed by atoms with Crippen molar-refractivity contribution in [1.29, 1.82) is 0 Å². The lowest BCUT2D eigenvalue weighted by atomic mass is 10.1. The molecule has 8 heteroatoms. The minimum atomic E-state index is -2.98. The van der Waals surface area contributed by atoms with Crippen molar-refractivity contribution in [3.63, 3.8) is 0 Å². The summed E-state index contributed by atoms with van der Waals surface area (Å²) >= 11 is 0. The van der Waals surface area contributed by atoms with E-state index in [1.54, 1.807) is 13.0 Å². The number of halogens is 3. The lowest BCUT2D eigenvalue weighted by molar-refractivity contribution is -0.0489. The lowest BCUT2D eigenvalue weighted by Gasteiger charge is -2.07. The van der Waals surface area contributed by atoms with E-state index in [0.29, 0.717) is 5.39 Å². The highest BCUT2D eigenvalue weighted by Crippen LogP contribution is 2.32. The van der Waals surface area contributed by atoms with Crippen LogP contribution in [0.3, 0.4) is 0 Å². The number of fused-ring (bicyclic) bond motifs is 1. The van der Waals surface area contributed by atoms with Crippen molar-refractivity contribution in [2.75, 3.05) is 5.32 Å². The number of carbonyl (C=O) groups excluding carboxylic acids is 1. The normalized spacial score (nSPS) is 11.0. The molecule has 0 aliphatic rings. The Balaban J connectivity index is 1.95. The van der Waals surface area contributed by atoms with Gasteiger partial charge < -0.3 is 10.1 Å². The van der Waals surface area contributed by atoms with Crippen molar-refractivity contribution < 1.29 is 22.7 Å². The van der Waals surface area contributed by atoms with Crippen LogP contribution in [-0.4, -0.2) is 22.7 Å². The maximum absolute atomic E-state index is 12.9. The lowest BCUT2D eigenvalue weighted by Crippen LogP contribution is -2.12. The second-order valence-corrected chi connectivity index (χ2v) is 5.04. The molecule has 1 heterocycles. The number of hydrogen-bond acceptors (Lipinski definition) is 3. The molecule has 5 nitrogen and oxygen atoms in total. The zero-order chi connectivity index (χ0) is 17.3. The van der Waals surface area contributed by atoms with E-state index in [2.05, 4.69) is 20.3 Å². The fourth-order valence-electron chi connectivity index (χ4n) is 2.34. The number of ether oxygens (including phenoxy) is 1. The Hall–Kier alpha value is -3.03. The molecule has 0 fully saturated rings. The third-order valence-electron chi connectivity index (χ3n) is 3.45. The fourth-order valence-corrected chi connectivity index (χ4v) is 2.34. The second kappa shape index (κ2) is 6.23. The molecule has 1 amide bonds. The van der Waals surface area contributed by atoms with Crippen molar-refractivity contribution in [1.82, 2.24) is 10.2 Å². The zero-order valence-corrected chi connectivity index (χ0v) is 12.4. The third-order valence-corrected chi connectivity index (χ3v) is 3.45. The van der Waals surface area contributed by atoms with Crippen molar-refractivity contribution >= 4 is 22.6 Å². The molecule has 0 atom stereocenters. The minimum absolute atomic E-state index is 0.0691. The van der Waals surface area contributed by atoms with Gasteiger partial charge in [0, 0.05) is 5.56 Å². The van der Waals surface area contributed by atoms with Crippen molar-refractivity contribution in [3.8, 4) is 5.75 Å². The van der Waals surface area contributed by atoms with Gasteiger partial charge in [0.25, 0.3) is 5.91 Å². The van der Waals surface area contributed by atoms with Gasteiger partial charge in [-0.15, -0.1) is 0 Å². The van der Waals surface area contributed by atoms with Crippen molar-refractivity contribution in [2.45, 2.75) is 13.5 Å². The molecule has 124 valence electrons. The number of nitrogens with zero attached hydrogens (tertiary/aromatic N) is 1. The van der Waals surface area contributed by atoms with Crippen LogP contribution in [0.15, 0.2) is 36.4 Å². The number of aryl methyl sites for hydroxylation is 1. The predicted octanol–water partition coefficient (Wildman–Crippen LogP) is 3.86. The van der Waals surface area contributed by atoms with E-state index in [-0.39, 0.29) is 22.6 Å². The summed E-state index contributed by atoms with van der Waals surface area (Å²) in [6, 6.07) is 7.97. The van der Waals surface area contributed by atoms with Crippen molar-refractivity contribution in [2.24, 2.45) is 0 Å². The van der Waals surface area contributed by atoms with Crippen LogP contribution in [0.25, 0.3) is 10.9 Å². The quantitative estimate of drug-likeness (QED) is 0.761. The van der Waals surface area contributed by atoms with Crippen LogP contribution in [0, 0.1) is 12.7 Å². The number of anilines is 1. The molecule has 2 aromatic carbocycles. The molecule has 0 saturated heterocycles. The minimum Gasteiger partial charge on any atom is -0.433 e. The highest BCUT2D eigenvalue weighted by Gasteiger charge is 2.17. The summed E-state index contributed by atoms with van der Waals surface area (Å²) in [7, 11) is 0. The van der Waals surface area contributed by atoms with E-state index in [4.69, 9.17) is 0 Å². The number of amides is 1. The number of H-pyrrole nitrogens is 1. The second-order valence-electron chi connectivity index (χ2n) is 5.04. The van der Waals surface area contributed by atoms with Crippen LogP contribution in [-0.2, 0) is 0 Å². The van der Waals surface area contributed by atoms with Gasteiger partial charge in [-0.25, -0.2) is 4.39 Å². The average Bonchev–Trinajstić information content (AvgIpc) is 2.95. The Morgan fingerprint density at radius 1 is 1.21 bits per heavy atom. The summed E-state index contributed by atoms with van der Waals surface area (Å²) in [5.74, 6) is -0.846. The van der Waals surface area contributed by atoms with Crippen LogP contribution < -0.4 is 10.1 Å². The summed E-state index contributed by atoms with van der Waals surface area (Å²) in [5.41, 5.74) is 1.21. The summed E-state index contributed by atoms with van der Waals surface area (Å²) in [6.45, 7) is -1.23. The van der Waals surface area contributed by atoms with Crippen LogP contribution in [0.4, 0.5) is 19.0 Å². The maximum Gasteiger partial charge on any atom is 0.387 e. The SMILES string of the molecule is Cc1ccc(OC(F)F)c2[nH]nc(NC(=O)c3ccc(F)cc3)c12. The molecular formula is C16H12F3N3O2. The van der Waals surface area contributed by atoms with E-state index < -0.39 is 18.3 Å². The first-order chi connectivity index (χ1) is 11.5. The first kappa shape index (κ1) is 15.9. The standard InChI is InChI=1S/C16H12F3N3O2/c1-8-2-7-11(24-16(18)19)13-12(8)14(22-21-13)20-15(23)9-3-5-10(17)6-4-9/h2-7,16H,1H3,(H2,20,21,22,23). The topological polar surface area (TPSA) is 67.0 Å². The molecule has 1 aromatic heterocycles. The Kier molecular flexibility index (Phi) is 4.11. The molecule has 0 bridgehead atoms. The first-order valence-electron chi connectivity index (χ1n) is 6.95. The molecule has 0 aliphatic carbocycles. The molecule has 0 radical (unpaired) electrons. The van der Waals surface area contributed by atoms with E-state index in [1.807, 2.05) is 0 Å². The summed E-state index contributed by atoms with van der Waals surface area (Å²) in [6.07, 6.45) is 0. The Bertz CT molecular complexity index is 891. The highest BCUT2D eigenvalue weighted by molar-refractivity contribution is 6.09. The van der Waals surface area contributed by atoms with Gasteiger partial charge in [-0.05, 0) is 42.8 Å². The molecule has 0 saturated carbocycles. The number of aromatic amines is 1. The van der Waals surface area contributed by atoms with Crippen molar-refractivity contribution in [3.05, 3.63) is 53.3 Å². The number of benzene rings is 2. The van der Waals surface area contributed by atoms with Gasteiger partial charge in [0.1, 0.15) is 11.3 Å². The average molecular weight is 335 g/mol. The van der Waals surface area contributed by atoms with Crippen LogP contribution in [0.2, 0.25) is 0 Å². The number of aromatic nitrogens is 2. The summed E-state index contributed by atoms with van der Waals surface area (Å²) < 4.78 is 42.3. The number of carbonyl (C=O) groups is 1. The number of alkyl halides is 2. The Labute approximate surface area is 134 Å². The fraction of sp³-hybridized carbons (Fsp3) is 0.125. The molecule has 2 N–H and O–H groups in total. The molecular weight excluding hydrogens is 323 g/mol. The smallest absolute Gasteiger partial charge is 0.387 e. The molecule has 0 spiro atoms. The first-order valence-corrected chi connectivity index (χ1v) is 6.95. The molecule has 0 aliphatic heterocycles. The van der Waals surface area contributed by atoms with E-state index in [9.17, 15) is 18.0 Å². The van der Waals surface area contributed by atoms with Gasteiger partial charge in [-0.2, -0.15) is 13.9 Å². The van der Waals surface area contributed by atoms with E-state index in [1.165, 1.54) is 18.2 Å². The van der Waals surface area contributed by atoms with Gasteiger partial charge in [-0.1, -0.05) is 6.07 Å². The Morgan fingerprint density at radius 2 is 1.92 bits per heavy atom. The van der Waals surface area contributed by atoms with Crippen LogP contribution in [0.5, 0.6) is 5.75 Å². The molecule has 0 unspecified atom stereocenters. The third kappa shape index (κ3) is 3.03. The number of nitrogens with one attached hydrogen (secondary N) is 2. The number of rotatable bonds is 4. The predicted molar refractivity (Wildman–Crippen MR) is 81.8 cm³/mol. The van der Waals surface area contributed by atoms with Gasteiger partial charge in [0.2, 0.25) is 0 Å². The summed E-state index contributed by atoms with van der Waals surface area (Å²) in [4.78, 5) is 12.2. The maximum atomic E-state index is 12.9. The van der Waals surface area contributed by atoms with E-state index >= 15 is 0 Å². The molecule has 3 rings (SSSR count). The largest absolute Gasteiger partial charge is 0.433 e. The molecule has 3 aromatic rings. The highest BCUT2D eigenvalue weighted by atomic mass is 19.3. The van der Waals surface area contributed by atoms with Crippen LogP contribution >= 0.6 is 0 Å². The van der Waals surface area contributed by atoms with Gasteiger partial charge >= 0.3 is 6.61 Å². The molecule has 24 heavy (non-hydrogen) atoms. The van der Waals surface area contributed by atoms with Gasteiger partial charge in [0.05, 0.1) is 5.39 Å². The summed E-state index contributed by atoms with van der Waals surface area (Å²) in [5, 5.41) is 9.57. The number of hydrogen-bond donors (Lipinski definition) is 2. The van der Waals surface area contributed by atoms with Gasteiger partial charge in [0.15, 0.2) is 11.6 Å². The van der Waals surface area contributed by atoms with Crippen LogP contribution in [0.1, 0.15) is 15.9 Å². The van der Waals surface area contributed by atoms with E-state index in [0.717, 1.165) is 17.7 Å².